The highest BCUT2D eigenvalue weighted by molar-refractivity contribution is 5.87. The van der Waals surface area contributed by atoms with Gasteiger partial charge in [-0.05, 0) is 30.2 Å². The Kier molecular flexibility index (Phi) is 5.38. The lowest BCUT2D eigenvalue weighted by Gasteiger charge is -2.35. The second-order valence-corrected chi connectivity index (χ2v) is 8.60. The number of nitrogens with one attached hydrogen (secondary N) is 1. The fraction of sp³-hybridized carbons (Fsp3) is 0.417. The third kappa shape index (κ3) is 3.64. The van der Waals surface area contributed by atoms with Crippen molar-refractivity contribution in [3.63, 3.8) is 0 Å². The number of hydrogen-bond acceptors (Lipinski definition) is 6. The average Bonchev–Trinajstić information content (AvgIpc) is 3.46. The molecule has 2 aliphatic rings. The first-order valence-corrected chi connectivity index (χ1v) is 11.3. The number of rotatable bonds is 5. The summed E-state index contributed by atoms with van der Waals surface area (Å²) in [6.07, 6.45) is 4.13. The van der Waals surface area contributed by atoms with Crippen LogP contribution >= 0.6 is 0 Å². The summed E-state index contributed by atoms with van der Waals surface area (Å²) < 4.78 is 0. The van der Waals surface area contributed by atoms with Gasteiger partial charge in [0.2, 0.25) is 5.91 Å². The summed E-state index contributed by atoms with van der Waals surface area (Å²) in [5.41, 5.74) is 6.02. The molecule has 4 heterocycles. The molecule has 2 aliphatic heterocycles. The Morgan fingerprint density at radius 3 is 2.75 bits per heavy atom. The van der Waals surface area contributed by atoms with E-state index in [2.05, 4.69) is 52.6 Å². The fourth-order valence-electron chi connectivity index (χ4n) is 4.77. The maximum atomic E-state index is 12.0. The number of carbonyl (C=O) groups is 1. The molecule has 8 nitrogen and oxygen atoms in total. The first kappa shape index (κ1) is 20.6. The highest BCUT2D eigenvalue weighted by Crippen LogP contribution is 2.32. The Morgan fingerprint density at radius 1 is 1.19 bits per heavy atom. The van der Waals surface area contributed by atoms with Gasteiger partial charge in [0, 0.05) is 63.2 Å². The Morgan fingerprint density at radius 2 is 2.00 bits per heavy atom. The minimum absolute atomic E-state index is 0.00165. The van der Waals surface area contributed by atoms with E-state index in [0.717, 1.165) is 62.0 Å². The molecule has 1 saturated heterocycles. The molecule has 1 N–H and O–H groups in total. The summed E-state index contributed by atoms with van der Waals surface area (Å²) in [7, 11) is 0. The van der Waals surface area contributed by atoms with Crippen LogP contribution in [-0.2, 0) is 30.8 Å². The number of nitrogens with zero attached hydrogens (tertiary/aromatic N) is 6. The van der Waals surface area contributed by atoms with Gasteiger partial charge in [0.25, 0.3) is 0 Å². The van der Waals surface area contributed by atoms with Crippen LogP contribution in [-0.4, -0.2) is 62.1 Å². The van der Waals surface area contributed by atoms with Crippen molar-refractivity contribution in [1.82, 2.24) is 30.0 Å². The largest absolute Gasteiger partial charge is 0.353 e. The molecule has 1 amide bonds. The van der Waals surface area contributed by atoms with Crippen molar-refractivity contribution in [3.8, 4) is 0 Å². The maximum absolute atomic E-state index is 12.0. The van der Waals surface area contributed by atoms with Gasteiger partial charge in [-0.15, -0.1) is 0 Å². The summed E-state index contributed by atoms with van der Waals surface area (Å²) in [5, 5.41) is 8.50. The molecule has 2 aromatic heterocycles. The van der Waals surface area contributed by atoms with E-state index in [9.17, 15) is 4.79 Å². The number of carbonyl (C=O) groups excluding carboxylic acids is 1. The number of H-pyrrole nitrogens is 1. The van der Waals surface area contributed by atoms with Crippen molar-refractivity contribution in [1.29, 1.82) is 0 Å². The van der Waals surface area contributed by atoms with Gasteiger partial charge < -0.3 is 9.80 Å². The quantitative estimate of drug-likeness (QED) is 0.626. The molecule has 0 spiro atoms. The predicted octanol–water partition coefficient (Wildman–Crippen LogP) is 2.57. The summed E-state index contributed by atoms with van der Waals surface area (Å²) in [5.74, 6) is 1.93. The first-order chi connectivity index (χ1) is 15.6. The van der Waals surface area contributed by atoms with Crippen molar-refractivity contribution in [2.45, 2.75) is 39.9 Å². The van der Waals surface area contributed by atoms with E-state index in [1.807, 2.05) is 11.1 Å². The van der Waals surface area contributed by atoms with Gasteiger partial charge in [-0.2, -0.15) is 5.10 Å². The molecule has 1 aromatic carbocycles. The van der Waals surface area contributed by atoms with Crippen molar-refractivity contribution in [2.75, 3.05) is 31.1 Å². The van der Waals surface area contributed by atoms with Gasteiger partial charge in [0.1, 0.15) is 11.6 Å². The number of aryl methyl sites for hydroxylation is 2. The van der Waals surface area contributed by atoms with Gasteiger partial charge in [0.15, 0.2) is 0 Å². The summed E-state index contributed by atoms with van der Waals surface area (Å²) in [6, 6.07) is 4.25. The van der Waals surface area contributed by atoms with Gasteiger partial charge in [-0.3, -0.25) is 14.8 Å². The molecule has 0 atom stereocenters. The third-order valence-electron chi connectivity index (χ3n) is 6.61. The maximum Gasteiger partial charge on any atom is 0.246 e. The van der Waals surface area contributed by atoms with Crippen LogP contribution < -0.4 is 4.90 Å². The molecule has 0 radical (unpaired) electrons. The summed E-state index contributed by atoms with van der Waals surface area (Å²) in [4.78, 5) is 28.4. The van der Waals surface area contributed by atoms with Crippen molar-refractivity contribution in [2.24, 2.45) is 0 Å². The van der Waals surface area contributed by atoms with Crippen LogP contribution in [0.1, 0.15) is 35.1 Å². The molecule has 0 aliphatic carbocycles. The zero-order chi connectivity index (χ0) is 22.2. The zero-order valence-electron chi connectivity index (χ0n) is 18.8. The second kappa shape index (κ2) is 8.35. The molecule has 0 bridgehead atoms. The average molecular weight is 432 g/mol. The first-order valence-electron chi connectivity index (χ1n) is 11.3. The van der Waals surface area contributed by atoms with Gasteiger partial charge >= 0.3 is 0 Å². The molecule has 32 heavy (non-hydrogen) atoms. The van der Waals surface area contributed by atoms with Crippen LogP contribution in [0, 0.1) is 6.92 Å². The van der Waals surface area contributed by atoms with Crippen molar-refractivity contribution >= 4 is 22.6 Å². The molecular formula is C24H29N7O. The van der Waals surface area contributed by atoms with E-state index in [0.29, 0.717) is 13.1 Å². The van der Waals surface area contributed by atoms with Crippen LogP contribution in [0.3, 0.4) is 0 Å². The Balaban J connectivity index is 1.39. The lowest BCUT2D eigenvalue weighted by atomic mass is 10.0. The van der Waals surface area contributed by atoms with E-state index in [4.69, 9.17) is 9.97 Å². The van der Waals surface area contributed by atoms with Crippen LogP contribution in [0.4, 0.5) is 5.82 Å². The number of piperazine rings is 1. The zero-order valence-corrected chi connectivity index (χ0v) is 18.8. The number of aromatic amines is 1. The second-order valence-electron chi connectivity index (χ2n) is 8.60. The summed E-state index contributed by atoms with van der Waals surface area (Å²) in [6.45, 7) is 13.3. The smallest absolute Gasteiger partial charge is 0.246 e. The van der Waals surface area contributed by atoms with E-state index < -0.39 is 0 Å². The third-order valence-corrected chi connectivity index (χ3v) is 6.61. The fourth-order valence-corrected chi connectivity index (χ4v) is 4.77. The van der Waals surface area contributed by atoms with Crippen LogP contribution in [0.25, 0.3) is 10.9 Å². The molecule has 0 unspecified atom stereocenters. The van der Waals surface area contributed by atoms with Crippen LogP contribution in [0.15, 0.2) is 31.0 Å². The van der Waals surface area contributed by atoms with Crippen LogP contribution in [0.2, 0.25) is 0 Å². The van der Waals surface area contributed by atoms with Gasteiger partial charge in [-0.25, -0.2) is 9.97 Å². The molecule has 166 valence electrons. The van der Waals surface area contributed by atoms with Crippen molar-refractivity contribution in [3.05, 3.63) is 59.2 Å². The topological polar surface area (TPSA) is 81.3 Å². The Hall–Kier alpha value is -3.26. The standard InChI is InChI=1S/C24H29N7O/c1-4-22-26-21-15-29(13-18-16(3)6-7-20-17(18)12-25-28-20)14-19(21)24(27-22)31-10-8-30(9-11-31)23(32)5-2/h5-7,12H,2,4,8-11,13-15H2,1,3H3,(H,25,28). The number of amides is 1. The molecule has 0 saturated carbocycles. The van der Waals surface area contributed by atoms with E-state index in [1.165, 1.54) is 28.2 Å². The number of fused-ring (bicyclic) bond motifs is 2. The number of aromatic nitrogens is 4. The molecule has 1 fully saturated rings. The minimum Gasteiger partial charge on any atom is -0.353 e. The minimum atomic E-state index is 0.00165. The van der Waals surface area contributed by atoms with E-state index >= 15 is 0 Å². The highest BCUT2D eigenvalue weighted by atomic mass is 16.2. The van der Waals surface area contributed by atoms with Crippen molar-refractivity contribution < 1.29 is 4.79 Å². The van der Waals surface area contributed by atoms with E-state index in [-0.39, 0.29) is 5.91 Å². The SMILES string of the molecule is C=CC(=O)N1CCN(c2nc(CC)nc3c2CN(Cc2c(C)ccc4[nH]ncc24)C3)CC1. The normalized spacial score (nSPS) is 16.6. The number of benzene rings is 1. The van der Waals surface area contributed by atoms with E-state index in [1.54, 1.807) is 0 Å². The lowest BCUT2D eigenvalue weighted by Crippen LogP contribution is -2.49. The predicted molar refractivity (Wildman–Crippen MR) is 124 cm³/mol. The number of anilines is 1. The Labute approximate surface area is 187 Å². The summed E-state index contributed by atoms with van der Waals surface area (Å²) >= 11 is 0. The number of hydrogen-bond donors (Lipinski definition) is 1. The Bertz CT molecular complexity index is 1180. The van der Waals surface area contributed by atoms with Gasteiger partial charge in [0.05, 0.1) is 17.4 Å². The molecule has 8 heteroatoms. The highest BCUT2D eigenvalue weighted by Gasteiger charge is 2.30. The molecule has 5 rings (SSSR count). The molecular weight excluding hydrogens is 402 g/mol. The molecule has 3 aromatic rings. The van der Waals surface area contributed by atoms with Gasteiger partial charge in [-0.1, -0.05) is 19.6 Å². The monoisotopic (exact) mass is 431 g/mol. The van der Waals surface area contributed by atoms with Crippen LogP contribution in [0.5, 0.6) is 0 Å². The lowest BCUT2D eigenvalue weighted by molar-refractivity contribution is -0.126.